The lowest BCUT2D eigenvalue weighted by Gasteiger charge is -2.30. The van der Waals surface area contributed by atoms with Gasteiger partial charge in [0.2, 0.25) is 0 Å². The largest absolute Gasteiger partial charge is 0.393 e. The van der Waals surface area contributed by atoms with Crippen LogP contribution in [0.25, 0.3) is 0 Å². The zero-order valence-electron chi connectivity index (χ0n) is 13.2. The lowest BCUT2D eigenvalue weighted by atomic mass is 9.83. The quantitative estimate of drug-likeness (QED) is 0.595. The van der Waals surface area contributed by atoms with Crippen molar-refractivity contribution in [2.24, 2.45) is 10.8 Å². The lowest BCUT2D eigenvalue weighted by molar-refractivity contribution is -0.0242. The fourth-order valence-corrected chi connectivity index (χ4v) is 1.73. The van der Waals surface area contributed by atoms with E-state index in [1.54, 1.807) is 0 Å². The van der Waals surface area contributed by atoms with Crippen molar-refractivity contribution < 1.29 is 20.4 Å². The summed E-state index contributed by atoms with van der Waals surface area (Å²) in [6.45, 7) is 11.4. The summed E-state index contributed by atoms with van der Waals surface area (Å²) in [7, 11) is 0. The Morgan fingerprint density at radius 1 is 0.579 bits per heavy atom. The molecule has 0 aliphatic heterocycles. The van der Waals surface area contributed by atoms with Crippen LogP contribution in [-0.2, 0) is 0 Å². The van der Waals surface area contributed by atoms with Gasteiger partial charge >= 0.3 is 0 Å². The topological polar surface area (TPSA) is 80.9 Å². The fraction of sp³-hybridized carbons (Fsp3) is 1.00. The van der Waals surface area contributed by atoms with E-state index in [9.17, 15) is 20.4 Å². The predicted octanol–water partition coefficient (Wildman–Crippen LogP) is 1.69. The van der Waals surface area contributed by atoms with Crippen LogP contribution < -0.4 is 0 Å². The van der Waals surface area contributed by atoms with E-state index < -0.39 is 24.4 Å². The molecule has 0 aromatic heterocycles. The van der Waals surface area contributed by atoms with E-state index in [0.29, 0.717) is 0 Å². The van der Waals surface area contributed by atoms with Crippen molar-refractivity contribution in [1.82, 2.24) is 0 Å². The molecule has 4 heteroatoms. The minimum atomic E-state index is -0.753. The number of hydrogen-bond donors (Lipinski definition) is 4. The van der Waals surface area contributed by atoms with Crippen molar-refractivity contribution in [1.29, 1.82) is 0 Å². The summed E-state index contributed by atoms with van der Waals surface area (Å²) in [6, 6.07) is 0. The molecule has 0 bridgehead atoms. The molecule has 0 heterocycles. The molecule has 0 aliphatic carbocycles. The molecule has 0 amide bonds. The highest BCUT2D eigenvalue weighted by Gasteiger charge is 2.28. The van der Waals surface area contributed by atoms with Gasteiger partial charge in [0.15, 0.2) is 0 Å². The monoisotopic (exact) mass is 276 g/mol. The molecule has 4 atom stereocenters. The van der Waals surface area contributed by atoms with Crippen LogP contribution in [0, 0.1) is 10.8 Å². The average molecular weight is 276 g/mol. The Balaban J connectivity index is 4.17. The molecule has 0 aromatic rings. The molecule has 116 valence electrons. The van der Waals surface area contributed by atoms with Crippen molar-refractivity contribution in [2.45, 2.75) is 85.2 Å². The molecule has 0 radical (unpaired) electrons. The average Bonchev–Trinajstić information content (AvgIpc) is 2.13. The van der Waals surface area contributed by atoms with Crippen LogP contribution in [0.5, 0.6) is 0 Å². The molecule has 4 N–H and O–H groups in total. The second-order valence-electron chi connectivity index (χ2n) is 7.78. The molecular formula is C15H32O4. The van der Waals surface area contributed by atoms with E-state index >= 15 is 0 Å². The zero-order chi connectivity index (χ0) is 15.4. The van der Waals surface area contributed by atoms with Crippen molar-refractivity contribution in [2.75, 3.05) is 0 Å². The molecule has 0 fully saturated rings. The van der Waals surface area contributed by atoms with Gasteiger partial charge in [0.1, 0.15) is 0 Å². The van der Waals surface area contributed by atoms with Gasteiger partial charge in [-0.3, -0.25) is 0 Å². The zero-order valence-corrected chi connectivity index (χ0v) is 13.2. The normalized spacial score (nSPS) is 19.9. The van der Waals surface area contributed by atoms with Gasteiger partial charge in [0.25, 0.3) is 0 Å². The Hall–Kier alpha value is -0.160. The van der Waals surface area contributed by atoms with Crippen LogP contribution in [0.3, 0.4) is 0 Å². The maximum atomic E-state index is 9.89. The third-order valence-electron chi connectivity index (χ3n) is 3.53. The van der Waals surface area contributed by atoms with Gasteiger partial charge in [-0.05, 0) is 30.1 Å². The highest BCUT2D eigenvalue weighted by Crippen LogP contribution is 2.26. The van der Waals surface area contributed by atoms with E-state index in [1.165, 1.54) is 0 Å². The minimum absolute atomic E-state index is 0.181. The first-order valence-electron chi connectivity index (χ1n) is 7.06. The molecule has 0 saturated carbocycles. The first-order chi connectivity index (χ1) is 8.34. The second-order valence-corrected chi connectivity index (χ2v) is 7.78. The number of aliphatic hydroxyl groups is 4. The smallest absolute Gasteiger partial charge is 0.0613 e. The minimum Gasteiger partial charge on any atom is -0.393 e. The number of rotatable bonds is 6. The Morgan fingerprint density at radius 3 is 1.05 bits per heavy atom. The summed E-state index contributed by atoms with van der Waals surface area (Å²) in [5.74, 6) is 0. The third-order valence-corrected chi connectivity index (χ3v) is 3.53. The van der Waals surface area contributed by atoms with Crippen molar-refractivity contribution in [3.8, 4) is 0 Å². The van der Waals surface area contributed by atoms with Gasteiger partial charge < -0.3 is 20.4 Å². The Morgan fingerprint density at radius 2 is 0.842 bits per heavy atom. The van der Waals surface area contributed by atoms with E-state index in [4.69, 9.17) is 0 Å². The summed E-state index contributed by atoms with van der Waals surface area (Å²) in [4.78, 5) is 0. The van der Waals surface area contributed by atoms with Crippen molar-refractivity contribution in [3.63, 3.8) is 0 Å². The summed E-state index contributed by atoms with van der Waals surface area (Å²) >= 11 is 0. The maximum Gasteiger partial charge on any atom is 0.0613 e. The molecule has 0 aromatic carbocycles. The molecule has 0 rings (SSSR count). The van der Waals surface area contributed by atoms with Gasteiger partial charge in [-0.1, -0.05) is 41.5 Å². The van der Waals surface area contributed by atoms with Gasteiger partial charge in [0.05, 0.1) is 24.4 Å². The third kappa shape index (κ3) is 7.88. The summed E-state index contributed by atoms with van der Waals surface area (Å²) in [6.07, 6.45) is -2.06. The number of hydrogen-bond acceptors (Lipinski definition) is 4. The molecule has 0 aliphatic rings. The van der Waals surface area contributed by atoms with Gasteiger partial charge in [0, 0.05) is 0 Å². The van der Waals surface area contributed by atoms with Crippen LogP contribution >= 0.6 is 0 Å². The Labute approximate surface area is 117 Å². The molecule has 0 saturated heterocycles. The standard InChI is InChI=1S/C15H32O4/c1-14(2,3)12(18)8-10(16)7-11(17)9-13(19)15(4,5)6/h10-13,16-19H,7-9H2,1-6H3/t10-,11+,12-,13+. The highest BCUT2D eigenvalue weighted by molar-refractivity contribution is 4.80. The summed E-state index contributed by atoms with van der Waals surface area (Å²) in [5, 5.41) is 39.5. The fourth-order valence-electron chi connectivity index (χ4n) is 1.73. The SMILES string of the molecule is CC(C)(C)[C@H](O)C[C@H](O)C[C@H](O)C[C@H](O)C(C)(C)C. The molecular weight excluding hydrogens is 244 g/mol. The lowest BCUT2D eigenvalue weighted by Crippen LogP contribution is -2.34. The Kier molecular flexibility index (Phi) is 6.96. The molecule has 0 unspecified atom stereocenters. The Bertz CT molecular complexity index is 226. The first-order valence-corrected chi connectivity index (χ1v) is 7.06. The summed E-state index contributed by atoms with van der Waals surface area (Å²) < 4.78 is 0. The van der Waals surface area contributed by atoms with Crippen LogP contribution in [-0.4, -0.2) is 44.8 Å². The van der Waals surface area contributed by atoms with Crippen LogP contribution in [0.15, 0.2) is 0 Å². The van der Waals surface area contributed by atoms with Crippen LogP contribution in [0.4, 0.5) is 0 Å². The van der Waals surface area contributed by atoms with Crippen molar-refractivity contribution in [3.05, 3.63) is 0 Å². The second kappa shape index (κ2) is 7.02. The summed E-state index contributed by atoms with van der Waals surface area (Å²) in [5.41, 5.74) is -0.562. The predicted molar refractivity (Wildman–Crippen MR) is 76.8 cm³/mol. The van der Waals surface area contributed by atoms with E-state index in [2.05, 4.69) is 0 Å². The molecule has 19 heavy (non-hydrogen) atoms. The van der Waals surface area contributed by atoms with Gasteiger partial charge in [-0.2, -0.15) is 0 Å². The van der Waals surface area contributed by atoms with E-state index in [1.807, 2.05) is 41.5 Å². The highest BCUT2D eigenvalue weighted by atomic mass is 16.3. The molecule has 4 nitrogen and oxygen atoms in total. The first kappa shape index (κ1) is 18.8. The van der Waals surface area contributed by atoms with Crippen LogP contribution in [0.1, 0.15) is 60.8 Å². The maximum absolute atomic E-state index is 9.89. The van der Waals surface area contributed by atoms with E-state index in [-0.39, 0.29) is 30.1 Å². The van der Waals surface area contributed by atoms with Crippen LogP contribution in [0.2, 0.25) is 0 Å². The van der Waals surface area contributed by atoms with Gasteiger partial charge in [-0.25, -0.2) is 0 Å². The van der Waals surface area contributed by atoms with Gasteiger partial charge in [-0.15, -0.1) is 0 Å². The van der Waals surface area contributed by atoms with E-state index in [0.717, 1.165) is 0 Å². The van der Waals surface area contributed by atoms with Crippen molar-refractivity contribution >= 4 is 0 Å². The number of aliphatic hydroxyl groups excluding tert-OH is 4. The molecule has 0 spiro atoms.